The first kappa shape index (κ1) is 29.7. The van der Waals surface area contributed by atoms with Crippen LogP contribution in [-0.2, 0) is 0 Å². The van der Waals surface area contributed by atoms with Crippen LogP contribution in [0.3, 0.4) is 0 Å². The van der Waals surface area contributed by atoms with E-state index >= 15 is 0 Å². The van der Waals surface area contributed by atoms with Gasteiger partial charge in [0.05, 0.1) is 0 Å². The van der Waals surface area contributed by atoms with Crippen molar-refractivity contribution in [3.63, 3.8) is 0 Å². The molecule has 0 aromatic heterocycles. The Bertz CT molecular complexity index is 704. The van der Waals surface area contributed by atoms with Gasteiger partial charge in [0, 0.05) is 5.41 Å². The van der Waals surface area contributed by atoms with Crippen LogP contribution < -0.4 is 0 Å². The van der Waals surface area contributed by atoms with Gasteiger partial charge in [0.1, 0.15) is 0 Å². The molecule has 0 saturated heterocycles. The van der Waals surface area contributed by atoms with E-state index in [0.717, 1.165) is 18.8 Å². The molecule has 33 heavy (non-hydrogen) atoms. The molecule has 6 atom stereocenters. The molecule has 0 heterocycles. The van der Waals surface area contributed by atoms with Crippen molar-refractivity contribution in [1.29, 1.82) is 0 Å². The second-order valence-electron chi connectivity index (χ2n) is 12.3. The van der Waals surface area contributed by atoms with Crippen LogP contribution >= 0.6 is 0 Å². The lowest BCUT2D eigenvalue weighted by molar-refractivity contribution is 0.131. The minimum Gasteiger partial charge on any atom is -0.102 e. The first-order valence-electron chi connectivity index (χ1n) is 13.6. The van der Waals surface area contributed by atoms with Crippen molar-refractivity contribution >= 4 is 0 Å². The molecule has 1 aliphatic rings. The van der Waals surface area contributed by atoms with E-state index in [1.54, 1.807) is 0 Å². The van der Waals surface area contributed by atoms with E-state index in [0.29, 0.717) is 23.2 Å². The average molecular weight is 453 g/mol. The van der Waals surface area contributed by atoms with Crippen molar-refractivity contribution in [3.05, 3.63) is 60.8 Å². The number of hydrogen-bond acceptors (Lipinski definition) is 0. The van der Waals surface area contributed by atoms with Crippen molar-refractivity contribution in [1.82, 2.24) is 0 Å². The molecule has 1 rings (SSSR count). The van der Waals surface area contributed by atoms with Gasteiger partial charge in [-0.15, -0.1) is 6.58 Å². The highest BCUT2D eigenvalue weighted by Gasteiger charge is 2.36. The van der Waals surface area contributed by atoms with E-state index in [1.165, 1.54) is 61.7 Å². The molecular weight excluding hydrogens is 396 g/mol. The van der Waals surface area contributed by atoms with E-state index in [9.17, 15) is 0 Å². The quantitative estimate of drug-likeness (QED) is 0.230. The zero-order valence-corrected chi connectivity index (χ0v) is 23.6. The summed E-state index contributed by atoms with van der Waals surface area (Å²) in [6.07, 6.45) is 20.5. The highest BCUT2D eigenvalue weighted by atomic mass is 14.4. The Morgan fingerprint density at radius 2 is 1.85 bits per heavy atom. The second-order valence-corrected chi connectivity index (χ2v) is 12.3. The van der Waals surface area contributed by atoms with Crippen molar-refractivity contribution in [2.75, 3.05) is 0 Å². The Labute approximate surface area is 208 Å². The average Bonchev–Trinajstić information content (AvgIpc) is 2.76. The molecule has 188 valence electrons. The maximum Gasteiger partial charge on any atom is 0.00330 e. The van der Waals surface area contributed by atoms with E-state index < -0.39 is 0 Å². The van der Waals surface area contributed by atoms with Gasteiger partial charge in [0.15, 0.2) is 0 Å². The lowest BCUT2D eigenvalue weighted by Crippen LogP contribution is -2.31. The molecule has 1 fully saturated rings. The fourth-order valence-electron chi connectivity index (χ4n) is 4.97. The predicted octanol–water partition coefficient (Wildman–Crippen LogP) is 10.9. The third kappa shape index (κ3) is 10.2. The smallest absolute Gasteiger partial charge is 0.00330 e. The van der Waals surface area contributed by atoms with Crippen LogP contribution in [0.15, 0.2) is 60.8 Å². The third-order valence-corrected chi connectivity index (χ3v) is 8.98. The lowest BCUT2D eigenvalue weighted by atomic mass is 9.63. The first-order chi connectivity index (χ1) is 15.3. The van der Waals surface area contributed by atoms with Crippen LogP contribution in [0.5, 0.6) is 0 Å². The maximum absolute atomic E-state index is 4.37. The summed E-state index contributed by atoms with van der Waals surface area (Å²) in [4.78, 5) is 0. The second kappa shape index (κ2) is 13.6. The molecule has 0 spiro atoms. The standard InChI is InChI=1S/C33H56/c1-12-32(10,21-13-14-26(4)15-17-28(6)25(2)3)22-19-27(5)16-18-31(9)33(11)23-20-29(7)30(8)24-33/h12,14,19,22,27-29,31H,1-2,8,13,15-18,20-21,23-24H2,3-7,9-11H3. The van der Waals surface area contributed by atoms with Crippen molar-refractivity contribution < 1.29 is 0 Å². The Balaban J connectivity index is 2.51. The highest BCUT2D eigenvalue weighted by Crippen LogP contribution is 2.47. The van der Waals surface area contributed by atoms with Crippen LogP contribution in [0.1, 0.15) is 113 Å². The van der Waals surface area contributed by atoms with E-state index in [1.807, 2.05) is 0 Å². The molecule has 0 nitrogen and oxygen atoms in total. The Morgan fingerprint density at radius 1 is 1.18 bits per heavy atom. The summed E-state index contributed by atoms with van der Waals surface area (Å²) in [5, 5.41) is 0. The molecule has 0 radical (unpaired) electrons. The summed E-state index contributed by atoms with van der Waals surface area (Å²) in [7, 11) is 0. The third-order valence-electron chi connectivity index (χ3n) is 8.98. The monoisotopic (exact) mass is 452 g/mol. The Hall–Kier alpha value is -1.30. The van der Waals surface area contributed by atoms with Gasteiger partial charge in [-0.3, -0.25) is 0 Å². The molecule has 0 aromatic rings. The molecule has 0 aliphatic heterocycles. The fraction of sp³-hybridized carbons (Fsp3) is 0.697. The highest BCUT2D eigenvalue weighted by molar-refractivity contribution is 5.11. The van der Waals surface area contributed by atoms with E-state index in [2.05, 4.69) is 99.4 Å². The molecule has 1 saturated carbocycles. The molecule has 0 bridgehead atoms. The minimum atomic E-state index is 0.0743. The Kier molecular flexibility index (Phi) is 12.2. The SMILES string of the molecule is C=CC(C)(C=CC(C)CCC(C)C1(C)CCC(C)C(=C)C1)CCC=C(C)CCC(C)C(=C)C. The van der Waals surface area contributed by atoms with Gasteiger partial charge in [-0.1, -0.05) is 95.7 Å². The normalized spacial score (nSPS) is 26.6. The van der Waals surface area contributed by atoms with Crippen molar-refractivity contribution in [2.45, 2.75) is 113 Å². The van der Waals surface area contributed by atoms with Gasteiger partial charge in [0.2, 0.25) is 0 Å². The molecule has 6 unspecified atom stereocenters. The van der Waals surface area contributed by atoms with Crippen LogP contribution in [0.25, 0.3) is 0 Å². The zero-order valence-electron chi connectivity index (χ0n) is 23.6. The number of rotatable bonds is 14. The summed E-state index contributed by atoms with van der Waals surface area (Å²) in [5.41, 5.74) is 4.79. The van der Waals surface area contributed by atoms with Gasteiger partial charge in [-0.2, -0.15) is 0 Å². The van der Waals surface area contributed by atoms with Crippen LogP contribution in [0.4, 0.5) is 0 Å². The summed E-state index contributed by atoms with van der Waals surface area (Å²) in [5.74, 6) is 2.69. The summed E-state index contributed by atoms with van der Waals surface area (Å²) < 4.78 is 0. The van der Waals surface area contributed by atoms with Crippen LogP contribution in [0.2, 0.25) is 0 Å². The number of hydrogen-bond donors (Lipinski definition) is 0. The van der Waals surface area contributed by atoms with Crippen molar-refractivity contribution in [3.8, 4) is 0 Å². The number of allylic oxidation sites excluding steroid dienone is 7. The lowest BCUT2D eigenvalue weighted by Gasteiger charge is -2.42. The van der Waals surface area contributed by atoms with E-state index in [4.69, 9.17) is 0 Å². The minimum absolute atomic E-state index is 0.0743. The molecule has 0 N–H and O–H groups in total. The van der Waals surface area contributed by atoms with Gasteiger partial charge in [0.25, 0.3) is 0 Å². The van der Waals surface area contributed by atoms with Gasteiger partial charge in [-0.25, -0.2) is 0 Å². The summed E-state index contributed by atoms with van der Waals surface area (Å²) >= 11 is 0. The fourth-order valence-corrected chi connectivity index (χ4v) is 4.97. The Morgan fingerprint density at radius 3 is 2.42 bits per heavy atom. The van der Waals surface area contributed by atoms with Crippen molar-refractivity contribution in [2.24, 2.45) is 34.5 Å². The maximum atomic E-state index is 4.37. The zero-order chi connectivity index (χ0) is 25.2. The van der Waals surface area contributed by atoms with Gasteiger partial charge < -0.3 is 0 Å². The molecular formula is C33H56. The molecule has 1 aliphatic carbocycles. The molecule has 0 aromatic carbocycles. The molecule has 0 heteroatoms. The largest absolute Gasteiger partial charge is 0.102 e. The van der Waals surface area contributed by atoms with Gasteiger partial charge in [-0.05, 0) is 101 Å². The topological polar surface area (TPSA) is 0 Å². The van der Waals surface area contributed by atoms with Gasteiger partial charge >= 0.3 is 0 Å². The molecule has 0 amide bonds. The summed E-state index contributed by atoms with van der Waals surface area (Å²) in [6.45, 7) is 31.3. The van der Waals surface area contributed by atoms with Crippen LogP contribution in [-0.4, -0.2) is 0 Å². The first-order valence-corrected chi connectivity index (χ1v) is 13.6. The van der Waals surface area contributed by atoms with E-state index in [-0.39, 0.29) is 5.41 Å². The van der Waals surface area contributed by atoms with Crippen LogP contribution in [0, 0.1) is 34.5 Å². The predicted molar refractivity (Wildman–Crippen MR) is 151 cm³/mol. The summed E-state index contributed by atoms with van der Waals surface area (Å²) in [6, 6.07) is 0.